The van der Waals surface area contributed by atoms with Crippen molar-refractivity contribution in [1.29, 1.82) is 0 Å². The van der Waals surface area contributed by atoms with Crippen LogP contribution in [-0.2, 0) is 4.79 Å². The predicted molar refractivity (Wildman–Crippen MR) is 89.2 cm³/mol. The summed E-state index contributed by atoms with van der Waals surface area (Å²) in [5.74, 6) is -0.245. The van der Waals surface area contributed by atoms with Gasteiger partial charge in [-0.1, -0.05) is 12.1 Å². The van der Waals surface area contributed by atoms with E-state index in [4.69, 9.17) is 0 Å². The topological polar surface area (TPSA) is 62.3 Å². The van der Waals surface area contributed by atoms with Gasteiger partial charge in [-0.3, -0.25) is 14.6 Å². The fourth-order valence-corrected chi connectivity index (χ4v) is 3.23. The van der Waals surface area contributed by atoms with Gasteiger partial charge in [-0.05, 0) is 44.4 Å². The number of nitrogens with one attached hydrogen (secondary N) is 1. The average molecular weight is 311 g/mol. The number of nitrogens with zero attached hydrogens (tertiary/aromatic N) is 2. The van der Waals surface area contributed by atoms with Crippen LogP contribution in [0.25, 0.3) is 10.9 Å². The Labute approximate surface area is 135 Å². The maximum atomic E-state index is 12.5. The molecule has 0 radical (unpaired) electrons. The summed E-state index contributed by atoms with van der Waals surface area (Å²) in [6.07, 6.45) is 3.70. The minimum atomic E-state index is -0.230. The summed E-state index contributed by atoms with van der Waals surface area (Å²) < 4.78 is 0. The minimum Gasteiger partial charge on any atom is -0.343 e. The number of hydrogen-bond donors (Lipinski definition) is 1. The summed E-state index contributed by atoms with van der Waals surface area (Å²) in [5.41, 5.74) is 2.35. The van der Waals surface area contributed by atoms with Crippen molar-refractivity contribution >= 4 is 22.7 Å². The lowest BCUT2D eigenvalue weighted by Gasteiger charge is -2.21. The van der Waals surface area contributed by atoms with Crippen LogP contribution in [0.5, 0.6) is 0 Å². The van der Waals surface area contributed by atoms with E-state index in [0.717, 1.165) is 35.9 Å². The molecule has 23 heavy (non-hydrogen) atoms. The van der Waals surface area contributed by atoms with Crippen molar-refractivity contribution in [3.63, 3.8) is 0 Å². The van der Waals surface area contributed by atoms with Gasteiger partial charge in [0.1, 0.15) is 0 Å². The van der Waals surface area contributed by atoms with Crippen molar-refractivity contribution < 1.29 is 9.59 Å². The van der Waals surface area contributed by atoms with Crippen LogP contribution in [0.2, 0.25) is 0 Å². The van der Waals surface area contributed by atoms with Crippen LogP contribution in [-0.4, -0.2) is 40.8 Å². The molecule has 1 aliphatic rings. The fourth-order valence-electron chi connectivity index (χ4n) is 3.23. The first-order valence-electron chi connectivity index (χ1n) is 8.00. The van der Waals surface area contributed by atoms with E-state index in [9.17, 15) is 9.59 Å². The van der Waals surface area contributed by atoms with Gasteiger partial charge in [0.05, 0.1) is 17.6 Å². The number of hydrogen-bond acceptors (Lipinski definition) is 3. The molecule has 2 amide bonds. The number of benzene rings is 1. The Morgan fingerprint density at radius 2 is 2.17 bits per heavy atom. The molecule has 5 heteroatoms. The van der Waals surface area contributed by atoms with Crippen LogP contribution in [0.4, 0.5) is 0 Å². The largest absolute Gasteiger partial charge is 0.343 e. The number of carbonyl (C=O) groups excluding carboxylic acids is 2. The molecule has 0 saturated carbocycles. The van der Waals surface area contributed by atoms with Crippen molar-refractivity contribution in [3.05, 3.63) is 41.6 Å². The van der Waals surface area contributed by atoms with Gasteiger partial charge in [-0.25, -0.2) is 0 Å². The van der Waals surface area contributed by atoms with E-state index in [0.29, 0.717) is 5.56 Å². The lowest BCUT2D eigenvalue weighted by Crippen LogP contribution is -2.41. The standard InChI is InChI=1S/C18H21N3O2/c1-12-5-3-7-15-17(12)14(8-9-19-15)18(23)20-11-16(22)21-10-4-6-13(21)2/h3,5,7-9,13H,4,6,10-11H2,1-2H3,(H,20,23)/t13-/m1/s1. The monoisotopic (exact) mass is 311 g/mol. The molecule has 5 nitrogen and oxygen atoms in total. The number of aryl methyl sites for hydroxylation is 1. The summed E-state index contributed by atoms with van der Waals surface area (Å²) in [5, 5.41) is 3.60. The molecule has 1 aromatic carbocycles. The molecule has 0 bridgehead atoms. The van der Waals surface area contributed by atoms with E-state index in [-0.39, 0.29) is 24.4 Å². The highest BCUT2D eigenvalue weighted by atomic mass is 16.2. The average Bonchev–Trinajstić information content (AvgIpc) is 2.98. The summed E-state index contributed by atoms with van der Waals surface area (Å²) in [6.45, 7) is 4.83. The third-order valence-electron chi connectivity index (χ3n) is 4.49. The molecule has 1 atom stereocenters. The van der Waals surface area contributed by atoms with Crippen LogP contribution in [0.1, 0.15) is 35.7 Å². The molecule has 0 aliphatic carbocycles. The Balaban J connectivity index is 1.75. The molecule has 2 aromatic rings. The van der Waals surface area contributed by atoms with Gasteiger partial charge in [0.25, 0.3) is 5.91 Å². The maximum Gasteiger partial charge on any atom is 0.252 e. The Morgan fingerprint density at radius 1 is 1.35 bits per heavy atom. The molecule has 2 heterocycles. The van der Waals surface area contributed by atoms with Gasteiger partial charge in [-0.15, -0.1) is 0 Å². The normalized spacial score (nSPS) is 17.5. The Kier molecular flexibility index (Phi) is 4.28. The van der Waals surface area contributed by atoms with Gasteiger partial charge in [0, 0.05) is 24.2 Å². The molecular weight excluding hydrogens is 290 g/mol. The molecule has 3 rings (SSSR count). The van der Waals surface area contributed by atoms with E-state index in [1.807, 2.05) is 36.9 Å². The van der Waals surface area contributed by atoms with Gasteiger partial charge in [0.2, 0.25) is 5.91 Å². The molecule has 1 aromatic heterocycles. The quantitative estimate of drug-likeness (QED) is 0.946. The molecule has 0 unspecified atom stereocenters. The summed E-state index contributed by atoms with van der Waals surface area (Å²) in [7, 11) is 0. The van der Waals surface area contributed by atoms with Crippen LogP contribution in [0.3, 0.4) is 0 Å². The molecule has 1 fully saturated rings. The first kappa shape index (κ1) is 15.5. The van der Waals surface area contributed by atoms with Gasteiger partial charge in [-0.2, -0.15) is 0 Å². The summed E-state index contributed by atoms with van der Waals surface area (Å²) >= 11 is 0. The Morgan fingerprint density at radius 3 is 2.91 bits per heavy atom. The smallest absolute Gasteiger partial charge is 0.252 e. The lowest BCUT2D eigenvalue weighted by molar-refractivity contribution is -0.130. The number of rotatable bonds is 3. The first-order chi connectivity index (χ1) is 11.1. The molecule has 1 aliphatic heterocycles. The van der Waals surface area contributed by atoms with Crippen molar-refractivity contribution in [2.24, 2.45) is 0 Å². The number of likely N-dealkylation sites (tertiary alicyclic amines) is 1. The number of pyridine rings is 1. The third kappa shape index (κ3) is 3.04. The van der Waals surface area contributed by atoms with E-state index >= 15 is 0 Å². The maximum absolute atomic E-state index is 12.5. The van der Waals surface area contributed by atoms with Crippen molar-refractivity contribution in [2.75, 3.05) is 13.1 Å². The van der Waals surface area contributed by atoms with Crippen LogP contribution >= 0.6 is 0 Å². The number of fused-ring (bicyclic) bond motifs is 1. The molecular formula is C18H21N3O2. The second kappa shape index (κ2) is 6.36. The second-order valence-corrected chi connectivity index (χ2v) is 6.09. The van der Waals surface area contributed by atoms with E-state index in [1.54, 1.807) is 12.3 Å². The molecule has 120 valence electrons. The van der Waals surface area contributed by atoms with Crippen LogP contribution in [0.15, 0.2) is 30.5 Å². The van der Waals surface area contributed by atoms with E-state index in [2.05, 4.69) is 10.3 Å². The van der Waals surface area contributed by atoms with Gasteiger partial charge in [0.15, 0.2) is 0 Å². The van der Waals surface area contributed by atoms with Crippen LogP contribution in [0, 0.1) is 6.92 Å². The Bertz CT molecular complexity index is 752. The van der Waals surface area contributed by atoms with Gasteiger partial charge >= 0.3 is 0 Å². The second-order valence-electron chi connectivity index (χ2n) is 6.09. The molecule has 1 N–H and O–H groups in total. The minimum absolute atomic E-state index is 0.0153. The van der Waals surface area contributed by atoms with Crippen molar-refractivity contribution in [2.45, 2.75) is 32.7 Å². The zero-order chi connectivity index (χ0) is 16.4. The number of aromatic nitrogens is 1. The summed E-state index contributed by atoms with van der Waals surface area (Å²) in [4.78, 5) is 30.9. The zero-order valence-corrected chi connectivity index (χ0v) is 13.5. The van der Waals surface area contributed by atoms with E-state index in [1.165, 1.54) is 0 Å². The number of carbonyl (C=O) groups is 2. The highest BCUT2D eigenvalue weighted by Gasteiger charge is 2.25. The fraction of sp³-hybridized carbons (Fsp3) is 0.389. The van der Waals surface area contributed by atoms with Gasteiger partial charge < -0.3 is 10.2 Å². The SMILES string of the molecule is Cc1cccc2nccc(C(=O)NCC(=O)N3CCC[C@H]3C)c12. The molecule has 0 spiro atoms. The third-order valence-corrected chi connectivity index (χ3v) is 4.49. The highest BCUT2D eigenvalue weighted by Crippen LogP contribution is 2.20. The van der Waals surface area contributed by atoms with Crippen LogP contribution < -0.4 is 5.32 Å². The predicted octanol–water partition coefficient (Wildman–Crippen LogP) is 2.28. The van der Waals surface area contributed by atoms with E-state index < -0.39 is 0 Å². The first-order valence-corrected chi connectivity index (χ1v) is 8.00. The van der Waals surface area contributed by atoms with Crippen molar-refractivity contribution in [1.82, 2.24) is 15.2 Å². The highest BCUT2D eigenvalue weighted by molar-refractivity contribution is 6.07. The summed E-state index contributed by atoms with van der Waals surface area (Å²) in [6, 6.07) is 7.73. The molecule has 1 saturated heterocycles. The lowest BCUT2D eigenvalue weighted by atomic mass is 10.0. The number of amides is 2. The zero-order valence-electron chi connectivity index (χ0n) is 13.5. The van der Waals surface area contributed by atoms with Crippen molar-refractivity contribution in [3.8, 4) is 0 Å². The Hall–Kier alpha value is -2.43.